The maximum atomic E-state index is 8.90. The molecular weight excluding hydrogens is 154 g/mol. The number of rotatable bonds is 4. The lowest BCUT2D eigenvalue weighted by Gasteiger charge is -2.18. The van der Waals surface area contributed by atoms with Crippen LogP contribution in [0.5, 0.6) is 0 Å². The molecule has 6 nitrogen and oxygen atoms in total. The first kappa shape index (κ1) is 8.41. The zero-order valence-electron chi connectivity index (χ0n) is 6.62. The molecular formula is C5H11NO5. The van der Waals surface area contributed by atoms with E-state index in [9.17, 15) is 0 Å². The Labute approximate surface area is 64.3 Å². The van der Waals surface area contributed by atoms with Crippen LogP contribution in [0.2, 0.25) is 1.41 Å². The molecule has 0 aromatic heterocycles. The Hall–Kier alpha value is -0.690. The third kappa shape index (κ3) is 2.81. The molecule has 0 spiro atoms. The first-order valence-corrected chi connectivity index (χ1v) is 2.90. The van der Waals surface area contributed by atoms with Crippen LogP contribution in [-0.2, 0) is 0 Å². The summed E-state index contributed by atoms with van der Waals surface area (Å²) in [5, 5.41) is 45.9. The van der Waals surface area contributed by atoms with Crippen molar-refractivity contribution in [3.63, 3.8) is 0 Å². The molecule has 0 aromatic carbocycles. The molecule has 0 unspecified atom stereocenters. The lowest BCUT2D eigenvalue weighted by atomic mass is 10.1. The van der Waals surface area contributed by atoms with Gasteiger partial charge in [-0.2, -0.15) is 0 Å². The van der Waals surface area contributed by atoms with Gasteiger partial charge in [0.2, 0.25) is 5.90 Å². The predicted molar refractivity (Wildman–Crippen MR) is 35.5 cm³/mol. The summed E-state index contributed by atoms with van der Waals surface area (Å²) >= 11 is 0. The van der Waals surface area contributed by atoms with Crippen molar-refractivity contribution < 1.29 is 26.9 Å². The topological polar surface area (TPSA) is 125 Å². The fourth-order valence-electron chi connectivity index (χ4n) is 0.471. The van der Waals surface area contributed by atoms with Gasteiger partial charge in [0.15, 0.2) is 7.52 Å². The summed E-state index contributed by atoms with van der Waals surface area (Å²) < 4.78 is 6.25. The molecule has 0 aliphatic rings. The second-order valence-electron chi connectivity index (χ2n) is 2.04. The maximum Gasteiger partial charge on any atom is 0.210 e. The Morgan fingerprint density at radius 3 is 2.36 bits per heavy atom. The minimum atomic E-state index is -1.86. The first-order valence-electron chi connectivity index (χ1n) is 3.35. The molecule has 0 radical (unpaired) electrons. The Balaban J connectivity index is 4.18. The van der Waals surface area contributed by atoms with Gasteiger partial charge in [-0.1, -0.05) is 0 Å². The number of hydrogen-bond donors (Lipinski definition) is 6. The van der Waals surface area contributed by atoms with Crippen LogP contribution < -0.4 is 0 Å². The molecule has 0 saturated heterocycles. The summed E-state index contributed by atoms with van der Waals surface area (Å²) in [6.45, 7) is -0.760. The van der Waals surface area contributed by atoms with Crippen LogP contribution in [-0.4, -0.2) is 56.3 Å². The minimum Gasteiger partial charge on any atom is -0.495 e. The van der Waals surface area contributed by atoms with Crippen LogP contribution in [0.3, 0.4) is 0 Å². The fourth-order valence-corrected chi connectivity index (χ4v) is 0.471. The summed E-state index contributed by atoms with van der Waals surface area (Å²) in [5.74, 6) is -1.02. The molecule has 11 heavy (non-hydrogen) atoms. The van der Waals surface area contributed by atoms with E-state index < -0.39 is 30.8 Å². The monoisotopic (exact) mass is 166 g/mol. The highest BCUT2D eigenvalue weighted by atomic mass is 16.4. The highest BCUT2D eigenvalue weighted by Crippen LogP contribution is 1.99. The van der Waals surface area contributed by atoms with Gasteiger partial charge in [0, 0.05) is 0 Å². The van der Waals surface area contributed by atoms with Gasteiger partial charge >= 0.3 is 0 Å². The molecule has 6 N–H and O–H groups in total. The predicted octanol–water partition coefficient (Wildman–Crippen LogP) is -2.40. The molecule has 3 atom stereocenters. The molecule has 0 bridgehead atoms. The van der Waals surface area contributed by atoms with Gasteiger partial charge < -0.3 is 25.5 Å². The van der Waals surface area contributed by atoms with Gasteiger partial charge in [0.25, 0.3) is 0 Å². The molecule has 0 aliphatic heterocycles. The van der Waals surface area contributed by atoms with Gasteiger partial charge in [0.1, 0.15) is 12.2 Å². The standard InChI is InChI=1S/C5H11NO5/c6-5(11)4(10)3(9)2(8)1-7/h2-4,7-10H,1H2,(H2,6,11)/t2-,3-,4+/m1/s1/i/hD. The van der Waals surface area contributed by atoms with Crippen molar-refractivity contribution in [3.8, 4) is 0 Å². The lowest BCUT2D eigenvalue weighted by molar-refractivity contribution is -0.0594. The van der Waals surface area contributed by atoms with Gasteiger partial charge in [-0.25, -0.2) is 0 Å². The van der Waals surface area contributed by atoms with Crippen molar-refractivity contribution in [2.75, 3.05) is 6.61 Å². The number of hydrogen-bond acceptors (Lipinski definition) is 5. The highest BCUT2D eigenvalue weighted by molar-refractivity contribution is 5.75. The van der Waals surface area contributed by atoms with Crippen molar-refractivity contribution >= 4 is 5.90 Å². The maximum absolute atomic E-state index is 8.90. The number of nitrogens with one attached hydrogen (secondary N) is 1. The van der Waals surface area contributed by atoms with Crippen LogP contribution >= 0.6 is 0 Å². The van der Waals surface area contributed by atoms with E-state index in [1.807, 2.05) is 0 Å². The third-order valence-electron chi connectivity index (χ3n) is 1.17. The Morgan fingerprint density at radius 1 is 1.45 bits per heavy atom. The van der Waals surface area contributed by atoms with E-state index >= 15 is 0 Å². The van der Waals surface area contributed by atoms with Gasteiger partial charge in [-0.3, -0.25) is 5.40 Å². The summed E-state index contributed by atoms with van der Waals surface area (Å²) in [7, 11) is 0. The Bertz CT molecular complexity index is 164. The SMILES string of the molecule is [2H]N=C(O)[C@@H](O)[C@H](O)[C@H](O)CO. The van der Waals surface area contributed by atoms with Gasteiger partial charge in [-0.15, -0.1) is 0 Å². The molecule has 0 saturated carbocycles. The Kier molecular flexibility index (Phi) is 3.24. The van der Waals surface area contributed by atoms with Gasteiger partial charge in [-0.05, 0) is 0 Å². The van der Waals surface area contributed by atoms with Crippen molar-refractivity contribution in [3.05, 3.63) is 0 Å². The van der Waals surface area contributed by atoms with Crippen LogP contribution in [0.4, 0.5) is 0 Å². The summed E-state index contributed by atoms with van der Waals surface area (Å²) in [5.41, 5.74) is 0. The molecule has 0 rings (SSSR count). The fraction of sp³-hybridized carbons (Fsp3) is 0.800. The molecule has 0 amide bonds. The van der Waals surface area contributed by atoms with Crippen molar-refractivity contribution in [1.29, 1.82) is 5.40 Å². The molecule has 0 aromatic rings. The van der Waals surface area contributed by atoms with E-state index in [2.05, 4.69) is 5.40 Å². The van der Waals surface area contributed by atoms with E-state index in [1.54, 1.807) is 0 Å². The second-order valence-corrected chi connectivity index (χ2v) is 2.04. The van der Waals surface area contributed by atoms with E-state index in [4.69, 9.17) is 26.9 Å². The Morgan fingerprint density at radius 2 is 2.00 bits per heavy atom. The first-order chi connectivity index (χ1) is 5.54. The average molecular weight is 166 g/mol. The summed E-state index contributed by atoms with van der Waals surface area (Å²) in [4.78, 5) is 0. The molecule has 66 valence electrons. The van der Waals surface area contributed by atoms with E-state index in [0.717, 1.165) is 0 Å². The van der Waals surface area contributed by atoms with Gasteiger partial charge in [0.05, 0.1) is 6.61 Å². The van der Waals surface area contributed by atoms with Crippen molar-refractivity contribution in [1.82, 2.24) is 0 Å². The van der Waals surface area contributed by atoms with Crippen molar-refractivity contribution in [2.24, 2.45) is 0 Å². The zero-order chi connectivity index (χ0) is 9.72. The zero-order valence-corrected chi connectivity index (χ0v) is 5.62. The van der Waals surface area contributed by atoms with E-state index in [0.29, 0.717) is 0 Å². The highest BCUT2D eigenvalue weighted by Gasteiger charge is 2.27. The van der Waals surface area contributed by atoms with Crippen LogP contribution in [0.25, 0.3) is 0 Å². The molecule has 0 heterocycles. The molecule has 0 fully saturated rings. The van der Waals surface area contributed by atoms with Crippen molar-refractivity contribution in [2.45, 2.75) is 18.3 Å². The molecule has 0 aliphatic carbocycles. The third-order valence-corrected chi connectivity index (χ3v) is 1.17. The van der Waals surface area contributed by atoms with Crippen LogP contribution in [0.15, 0.2) is 0 Å². The lowest BCUT2D eigenvalue weighted by Crippen LogP contribution is -2.43. The summed E-state index contributed by atoms with van der Waals surface area (Å²) in [6.07, 6.45) is -5.20. The van der Waals surface area contributed by atoms with E-state index in [1.165, 1.54) is 0 Å². The average Bonchev–Trinajstić information content (AvgIpc) is 2.12. The van der Waals surface area contributed by atoms with E-state index in [-0.39, 0.29) is 0 Å². The minimum absolute atomic E-state index is 0.760. The smallest absolute Gasteiger partial charge is 0.210 e. The van der Waals surface area contributed by atoms with Crippen LogP contribution in [0.1, 0.15) is 0 Å². The number of aliphatic hydroxyl groups is 5. The summed E-state index contributed by atoms with van der Waals surface area (Å²) in [6, 6.07) is 0. The molecule has 6 heteroatoms. The largest absolute Gasteiger partial charge is 0.495 e. The van der Waals surface area contributed by atoms with Crippen LogP contribution in [0, 0.1) is 5.40 Å². The quantitative estimate of drug-likeness (QED) is 0.205. The second kappa shape index (κ2) is 4.24. The number of aliphatic hydroxyl groups excluding tert-OH is 5. The normalized spacial score (nSPS) is 22.2.